The number of carbonyl (C=O) groups excluding carboxylic acids is 1. The van der Waals surface area contributed by atoms with Crippen molar-refractivity contribution in [2.24, 2.45) is 0 Å². The summed E-state index contributed by atoms with van der Waals surface area (Å²) in [6.45, 7) is 7.77. The van der Waals surface area contributed by atoms with Crippen LogP contribution in [0.15, 0.2) is 18.5 Å². The molecule has 1 fully saturated rings. The first-order valence-electron chi connectivity index (χ1n) is 9.47. The van der Waals surface area contributed by atoms with E-state index in [2.05, 4.69) is 33.7 Å². The van der Waals surface area contributed by atoms with Crippen LogP contribution in [-0.4, -0.2) is 68.6 Å². The van der Waals surface area contributed by atoms with E-state index in [0.29, 0.717) is 12.0 Å². The summed E-state index contributed by atoms with van der Waals surface area (Å²) in [5.74, 6) is 1.60. The minimum absolute atomic E-state index is 0.0732. The van der Waals surface area contributed by atoms with Crippen molar-refractivity contribution in [3.05, 3.63) is 24.3 Å². The van der Waals surface area contributed by atoms with Gasteiger partial charge in [-0.05, 0) is 39.7 Å². The van der Waals surface area contributed by atoms with E-state index >= 15 is 0 Å². The molecule has 1 saturated heterocycles. The topological polar surface area (TPSA) is 79.2 Å². The Kier molecular flexibility index (Phi) is 5.62. The molecule has 0 saturated carbocycles. The predicted octanol–water partition coefficient (Wildman–Crippen LogP) is 2.79. The number of rotatable bonds is 4. The molecule has 1 aliphatic rings. The van der Waals surface area contributed by atoms with Gasteiger partial charge in [-0.15, -0.1) is 0 Å². The Morgan fingerprint density at radius 1 is 1.26 bits per heavy atom. The van der Waals surface area contributed by atoms with Crippen LogP contribution in [0.3, 0.4) is 0 Å². The van der Waals surface area contributed by atoms with E-state index in [1.54, 1.807) is 25.2 Å². The molecular formula is C19H29N7O. The first-order chi connectivity index (χ1) is 12.9. The van der Waals surface area contributed by atoms with E-state index in [1.807, 2.05) is 24.1 Å². The Bertz CT molecular complexity index is 791. The van der Waals surface area contributed by atoms with E-state index in [1.165, 1.54) is 0 Å². The van der Waals surface area contributed by atoms with Crippen LogP contribution in [0.5, 0.6) is 0 Å². The molecule has 146 valence electrons. The molecule has 1 aliphatic heterocycles. The summed E-state index contributed by atoms with van der Waals surface area (Å²) in [7, 11) is 3.57. The number of imidazole rings is 1. The van der Waals surface area contributed by atoms with E-state index in [-0.39, 0.29) is 12.1 Å². The molecule has 0 unspecified atom stereocenters. The van der Waals surface area contributed by atoms with Crippen molar-refractivity contribution in [3.63, 3.8) is 0 Å². The Morgan fingerprint density at radius 3 is 2.59 bits per heavy atom. The number of aryl methyl sites for hydroxylation is 1. The maximum absolute atomic E-state index is 12.1. The van der Waals surface area contributed by atoms with Gasteiger partial charge in [-0.1, -0.05) is 0 Å². The molecule has 0 spiro atoms. The summed E-state index contributed by atoms with van der Waals surface area (Å²) in [6.07, 6.45) is 5.42. The summed E-state index contributed by atoms with van der Waals surface area (Å²) in [5, 5.41) is 3.43. The van der Waals surface area contributed by atoms with Crippen LogP contribution in [0.1, 0.15) is 38.6 Å². The summed E-state index contributed by atoms with van der Waals surface area (Å²) < 4.78 is 2.18. The molecule has 3 heterocycles. The van der Waals surface area contributed by atoms with E-state index in [4.69, 9.17) is 4.98 Å². The van der Waals surface area contributed by atoms with Gasteiger partial charge in [0.15, 0.2) is 0 Å². The van der Waals surface area contributed by atoms with Crippen LogP contribution < -0.4 is 5.32 Å². The number of hydrogen-bond donors (Lipinski definition) is 1. The van der Waals surface area contributed by atoms with Crippen molar-refractivity contribution in [1.29, 1.82) is 0 Å². The van der Waals surface area contributed by atoms with Crippen LogP contribution in [0, 0.1) is 6.92 Å². The van der Waals surface area contributed by atoms with Crippen molar-refractivity contribution in [2.75, 3.05) is 32.5 Å². The van der Waals surface area contributed by atoms with E-state index in [0.717, 1.165) is 43.1 Å². The fourth-order valence-electron chi connectivity index (χ4n) is 3.55. The minimum Gasteiger partial charge on any atom is -0.351 e. The number of piperidine rings is 1. The molecule has 2 amide bonds. The average Bonchev–Trinajstić information content (AvgIpc) is 3.04. The molecule has 0 aromatic carbocycles. The molecule has 1 N–H and O–H groups in total. The standard InChI is InChI=1S/C19H29N7O/c1-13(2)26-14(3)21-12-17(26)16-6-9-20-18(23-16)22-15-7-10-25(11-8-15)19(27)24(4)5/h6,9,12-13,15H,7-8,10-11H2,1-5H3,(H,20,22,23). The smallest absolute Gasteiger partial charge is 0.319 e. The Hall–Kier alpha value is -2.64. The predicted molar refractivity (Wildman–Crippen MR) is 106 cm³/mol. The third-order valence-electron chi connectivity index (χ3n) is 4.90. The molecule has 0 atom stereocenters. The van der Waals surface area contributed by atoms with Crippen LogP contribution in [0.4, 0.5) is 10.7 Å². The Morgan fingerprint density at radius 2 is 1.96 bits per heavy atom. The van der Waals surface area contributed by atoms with Crippen molar-refractivity contribution in [1.82, 2.24) is 29.3 Å². The lowest BCUT2D eigenvalue weighted by atomic mass is 10.1. The lowest BCUT2D eigenvalue weighted by Crippen LogP contribution is -2.46. The van der Waals surface area contributed by atoms with Crippen molar-refractivity contribution < 1.29 is 4.79 Å². The number of nitrogens with zero attached hydrogens (tertiary/aromatic N) is 6. The zero-order valence-electron chi connectivity index (χ0n) is 16.8. The number of urea groups is 1. The zero-order chi connectivity index (χ0) is 19.6. The SMILES string of the molecule is Cc1ncc(-c2ccnc(NC3CCN(C(=O)N(C)C)CC3)n2)n1C(C)C. The summed E-state index contributed by atoms with van der Waals surface area (Å²) in [5.41, 5.74) is 1.86. The molecule has 27 heavy (non-hydrogen) atoms. The molecule has 8 heteroatoms. The lowest BCUT2D eigenvalue weighted by Gasteiger charge is -2.33. The summed E-state index contributed by atoms with van der Waals surface area (Å²) >= 11 is 0. The van der Waals surface area contributed by atoms with Crippen LogP contribution in [0.25, 0.3) is 11.4 Å². The second-order valence-electron chi connectivity index (χ2n) is 7.50. The Balaban J connectivity index is 1.68. The van der Waals surface area contributed by atoms with E-state index < -0.39 is 0 Å². The second kappa shape index (κ2) is 7.94. The van der Waals surface area contributed by atoms with Gasteiger partial charge in [0.05, 0.1) is 17.6 Å². The van der Waals surface area contributed by atoms with Crippen molar-refractivity contribution in [2.45, 2.75) is 45.7 Å². The summed E-state index contributed by atoms with van der Waals surface area (Å²) in [4.78, 5) is 29.1. The van der Waals surface area contributed by atoms with Gasteiger partial charge < -0.3 is 19.7 Å². The molecule has 8 nitrogen and oxygen atoms in total. The van der Waals surface area contributed by atoms with Gasteiger partial charge in [0.1, 0.15) is 5.82 Å². The highest BCUT2D eigenvalue weighted by atomic mass is 16.2. The first-order valence-corrected chi connectivity index (χ1v) is 9.47. The fourth-order valence-corrected chi connectivity index (χ4v) is 3.55. The van der Waals surface area contributed by atoms with Gasteiger partial charge in [-0.2, -0.15) is 0 Å². The van der Waals surface area contributed by atoms with E-state index in [9.17, 15) is 4.79 Å². The molecule has 0 radical (unpaired) electrons. The number of carbonyl (C=O) groups is 1. The molecular weight excluding hydrogens is 342 g/mol. The van der Waals surface area contributed by atoms with Gasteiger partial charge in [0.25, 0.3) is 0 Å². The normalized spacial score (nSPS) is 15.3. The van der Waals surface area contributed by atoms with Gasteiger partial charge >= 0.3 is 6.03 Å². The number of hydrogen-bond acceptors (Lipinski definition) is 5. The number of likely N-dealkylation sites (tertiary alicyclic amines) is 1. The van der Waals surface area contributed by atoms with Crippen LogP contribution >= 0.6 is 0 Å². The van der Waals surface area contributed by atoms with Crippen molar-refractivity contribution >= 4 is 12.0 Å². The molecule has 3 rings (SSSR count). The number of aromatic nitrogens is 4. The second-order valence-corrected chi connectivity index (χ2v) is 7.50. The highest BCUT2D eigenvalue weighted by Crippen LogP contribution is 2.24. The quantitative estimate of drug-likeness (QED) is 0.894. The Labute approximate surface area is 160 Å². The van der Waals surface area contributed by atoms with Crippen molar-refractivity contribution in [3.8, 4) is 11.4 Å². The van der Waals surface area contributed by atoms with Gasteiger partial charge in [-0.3, -0.25) is 0 Å². The fraction of sp³-hybridized carbons (Fsp3) is 0.579. The zero-order valence-corrected chi connectivity index (χ0v) is 16.8. The first kappa shape index (κ1) is 19.1. The maximum Gasteiger partial charge on any atom is 0.319 e. The van der Waals surface area contributed by atoms with Crippen LogP contribution in [0.2, 0.25) is 0 Å². The number of amides is 2. The largest absolute Gasteiger partial charge is 0.351 e. The summed E-state index contributed by atoms with van der Waals surface area (Å²) in [6, 6.07) is 2.57. The highest BCUT2D eigenvalue weighted by Gasteiger charge is 2.24. The highest BCUT2D eigenvalue weighted by molar-refractivity contribution is 5.73. The molecule has 2 aromatic heterocycles. The maximum atomic E-state index is 12.1. The van der Waals surface area contributed by atoms with Gasteiger partial charge in [-0.25, -0.2) is 19.7 Å². The van der Waals surface area contributed by atoms with Crippen LogP contribution in [-0.2, 0) is 0 Å². The molecule has 0 bridgehead atoms. The lowest BCUT2D eigenvalue weighted by molar-refractivity contribution is 0.158. The minimum atomic E-state index is 0.0732. The third-order valence-corrected chi connectivity index (χ3v) is 4.90. The average molecular weight is 371 g/mol. The van der Waals surface area contributed by atoms with Gasteiger partial charge in [0.2, 0.25) is 5.95 Å². The third kappa shape index (κ3) is 4.20. The number of nitrogens with one attached hydrogen (secondary N) is 1. The van der Waals surface area contributed by atoms with Gasteiger partial charge in [0, 0.05) is 45.5 Å². The monoisotopic (exact) mass is 371 g/mol. The number of anilines is 1. The molecule has 2 aromatic rings. The molecule has 0 aliphatic carbocycles.